The highest BCUT2D eigenvalue weighted by Gasteiger charge is 2.12. The van der Waals surface area contributed by atoms with Gasteiger partial charge in [-0.15, -0.1) is 0 Å². The van der Waals surface area contributed by atoms with Crippen LogP contribution in [0.4, 0.5) is 4.39 Å². The summed E-state index contributed by atoms with van der Waals surface area (Å²) in [5.74, 6) is 0.0641. The fourth-order valence-electron chi connectivity index (χ4n) is 1.78. The summed E-state index contributed by atoms with van der Waals surface area (Å²) in [5.41, 5.74) is 6.11. The Balaban J connectivity index is 2.44. The lowest BCUT2D eigenvalue weighted by Gasteiger charge is -2.20. The van der Waals surface area contributed by atoms with Crippen LogP contribution in [-0.2, 0) is 11.2 Å². The van der Waals surface area contributed by atoms with Gasteiger partial charge >= 0.3 is 0 Å². The van der Waals surface area contributed by atoms with Gasteiger partial charge in [-0.1, -0.05) is 25.1 Å². The van der Waals surface area contributed by atoms with Crippen LogP contribution < -0.4 is 5.73 Å². The molecule has 1 rings (SSSR count). The normalized spacial score (nSPS) is 12.2. The highest BCUT2D eigenvalue weighted by Crippen LogP contribution is 2.10. The second-order valence-corrected chi connectivity index (χ2v) is 4.71. The van der Waals surface area contributed by atoms with Crippen molar-refractivity contribution in [3.05, 3.63) is 35.6 Å². The zero-order valence-corrected chi connectivity index (χ0v) is 11.0. The summed E-state index contributed by atoms with van der Waals surface area (Å²) < 4.78 is 13.4. The van der Waals surface area contributed by atoms with Gasteiger partial charge in [-0.2, -0.15) is 0 Å². The van der Waals surface area contributed by atoms with Gasteiger partial charge in [0.1, 0.15) is 5.82 Å². The van der Waals surface area contributed by atoms with E-state index in [1.54, 1.807) is 30.1 Å². The molecule has 4 heteroatoms. The zero-order valence-electron chi connectivity index (χ0n) is 11.0. The Bertz CT molecular complexity index is 395. The Kier molecular flexibility index (Phi) is 5.78. The number of nitrogens with zero attached hydrogens (tertiary/aromatic N) is 1. The molecule has 1 amide bonds. The van der Waals surface area contributed by atoms with Crippen LogP contribution in [0.15, 0.2) is 24.3 Å². The van der Waals surface area contributed by atoms with Crippen LogP contribution in [0.3, 0.4) is 0 Å². The number of amides is 1. The number of aryl methyl sites for hydroxylation is 1. The SMILES string of the molecule is CC(CN)CN(C)C(=O)CCc1ccccc1F. The number of benzene rings is 1. The van der Waals surface area contributed by atoms with E-state index in [1.165, 1.54) is 6.07 Å². The minimum atomic E-state index is -0.247. The maximum Gasteiger partial charge on any atom is 0.222 e. The van der Waals surface area contributed by atoms with E-state index in [0.29, 0.717) is 31.5 Å². The third kappa shape index (κ3) is 4.45. The Morgan fingerprint density at radius 1 is 1.44 bits per heavy atom. The minimum Gasteiger partial charge on any atom is -0.345 e. The van der Waals surface area contributed by atoms with Crippen LogP contribution in [0.25, 0.3) is 0 Å². The van der Waals surface area contributed by atoms with E-state index in [1.807, 2.05) is 6.92 Å². The van der Waals surface area contributed by atoms with Crippen LogP contribution in [0, 0.1) is 11.7 Å². The molecule has 0 radical (unpaired) electrons. The van der Waals surface area contributed by atoms with Crippen molar-refractivity contribution >= 4 is 5.91 Å². The molecule has 0 bridgehead atoms. The predicted molar refractivity (Wildman–Crippen MR) is 70.6 cm³/mol. The summed E-state index contributed by atoms with van der Waals surface area (Å²) in [6.45, 7) is 3.21. The molecule has 1 aromatic carbocycles. The second-order valence-electron chi connectivity index (χ2n) is 4.71. The van der Waals surface area contributed by atoms with Crippen molar-refractivity contribution in [2.75, 3.05) is 20.1 Å². The van der Waals surface area contributed by atoms with Crippen molar-refractivity contribution in [3.8, 4) is 0 Å². The molecular weight excluding hydrogens is 231 g/mol. The van der Waals surface area contributed by atoms with E-state index in [4.69, 9.17) is 5.73 Å². The number of carbonyl (C=O) groups excluding carboxylic acids is 1. The average molecular weight is 252 g/mol. The Morgan fingerprint density at radius 3 is 2.72 bits per heavy atom. The van der Waals surface area contributed by atoms with Crippen molar-refractivity contribution in [3.63, 3.8) is 0 Å². The van der Waals surface area contributed by atoms with E-state index in [2.05, 4.69) is 0 Å². The average Bonchev–Trinajstić information content (AvgIpc) is 2.37. The van der Waals surface area contributed by atoms with E-state index < -0.39 is 0 Å². The molecule has 1 atom stereocenters. The Morgan fingerprint density at radius 2 is 2.11 bits per heavy atom. The van der Waals surface area contributed by atoms with Crippen LogP contribution >= 0.6 is 0 Å². The molecule has 0 aliphatic heterocycles. The molecule has 0 aliphatic carbocycles. The number of hydrogen-bond donors (Lipinski definition) is 1. The van der Waals surface area contributed by atoms with Crippen molar-refractivity contribution in [2.24, 2.45) is 11.7 Å². The van der Waals surface area contributed by atoms with E-state index in [9.17, 15) is 9.18 Å². The third-order valence-corrected chi connectivity index (χ3v) is 2.98. The van der Waals surface area contributed by atoms with Crippen LogP contribution in [-0.4, -0.2) is 30.9 Å². The van der Waals surface area contributed by atoms with Gasteiger partial charge in [0.25, 0.3) is 0 Å². The molecule has 0 aliphatic rings. The molecule has 0 spiro atoms. The van der Waals surface area contributed by atoms with Gasteiger partial charge in [0.05, 0.1) is 0 Å². The fourth-order valence-corrected chi connectivity index (χ4v) is 1.78. The van der Waals surface area contributed by atoms with Crippen molar-refractivity contribution in [1.29, 1.82) is 0 Å². The van der Waals surface area contributed by atoms with Crippen LogP contribution in [0.2, 0.25) is 0 Å². The summed E-state index contributed by atoms with van der Waals surface area (Å²) in [6, 6.07) is 6.56. The maximum absolute atomic E-state index is 13.4. The predicted octanol–water partition coefficient (Wildman–Crippen LogP) is 1.81. The molecule has 100 valence electrons. The fraction of sp³-hybridized carbons (Fsp3) is 0.500. The smallest absolute Gasteiger partial charge is 0.222 e. The second kappa shape index (κ2) is 7.11. The lowest BCUT2D eigenvalue weighted by molar-refractivity contribution is -0.130. The lowest BCUT2D eigenvalue weighted by atomic mass is 10.1. The minimum absolute atomic E-state index is 0.0264. The van der Waals surface area contributed by atoms with Crippen molar-refractivity contribution in [2.45, 2.75) is 19.8 Å². The van der Waals surface area contributed by atoms with Crippen molar-refractivity contribution < 1.29 is 9.18 Å². The van der Waals surface area contributed by atoms with E-state index in [-0.39, 0.29) is 17.6 Å². The van der Waals surface area contributed by atoms with Gasteiger partial charge in [-0.25, -0.2) is 4.39 Å². The molecule has 0 heterocycles. The first-order valence-electron chi connectivity index (χ1n) is 6.22. The highest BCUT2D eigenvalue weighted by molar-refractivity contribution is 5.76. The van der Waals surface area contributed by atoms with E-state index in [0.717, 1.165) is 0 Å². The number of carbonyl (C=O) groups is 1. The number of hydrogen-bond acceptors (Lipinski definition) is 2. The molecule has 0 saturated heterocycles. The molecule has 0 aromatic heterocycles. The number of nitrogens with two attached hydrogens (primary N) is 1. The maximum atomic E-state index is 13.4. The topological polar surface area (TPSA) is 46.3 Å². The van der Waals surface area contributed by atoms with Crippen molar-refractivity contribution in [1.82, 2.24) is 4.90 Å². The molecular formula is C14H21FN2O. The van der Waals surface area contributed by atoms with E-state index >= 15 is 0 Å². The zero-order chi connectivity index (χ0) is 13.5. The third-order valence-electron chi connectivity index (χ3n) is 2.98. The molecule has 1 unspecified atom stereocenters. The Hall–Kier alpha value is -1.42. The molecule has 0 fully saturated rings. The van der Waals surface area contributed by atoms with Gasteiger partial charge in [0.2, 0.25) is 5.91 Å². The molecule has 18 heavy (non-hydrogen) atoms. The standard InChI is InChI=1S/C14H21FN2O/c1-11(9-16)10-17(2)14(18)8-7-12-5-3-4-6-13(12)15/h3-6,11H,7-10,16H2,1-2H3. The van der Waals surface area contributed by atoms with Gasteiger partial charge in [0.15, 0.2) is 0 Å². The quantitative estimate of drug-likeness (QED) is 0.839. The molecule has 1 aromatic rings. The van der Waals surface area contributed by atoms with Gasteiger partial charge in [0, 0.05) is 20.0 Å². The number of halogens is 1. The van der Waals surface area contributed by atoms with Crippen LogP contribution in [0.1, 0.15) is 18.9 Å². The molecule has 2 N–H and O–H groups in total. The first kappa shape index (κ1) is 14.6. The summed E-state index contributed by atoms with van der Waals surface area (Å²) >= 11 is 0. The summed E-state index contributed by atoms with van der Waals surface area (Å²) in [6.07, 6.45) is 0.765. The monoisotopic (exact) mass is 252 g/mol. The lowest BCUT2D eigenvalue weighted by Crippen LogP contribution is -2.33. The summed E-state index contributed by atoms with van der Waals surface area (Å²) in [5, 5.41) is 0. The first-order chi connectivity index (χ1) is 8.54. The summed E-state index contributed by atoms with van der Waals surface area (Å²) in [4.78, 5) is 13.5. The highest BCUT2D eigenvalue weighted by atomic mass is 19.1. The number of rotatable bonds is 6. The van der Waals surface area contributed by atoms with Gasteiger partial charge < -0.3 is 10.6 Å². The summed E-state index contributed by atoms with van der Waals surface area (Å²) in [7, 11) is 1.76. The molecule has 3 nitrogen and oxygen atoms in total. The molecule has 0 saturated carbocycles. The Labute approximate surface area is 108 Å². The van der Waals surface area contributed by atoms with Gasteiger partial charge in [-0.3, -0.25) is 4.79 Å². The first-order valence-corrected chi connectivity index (χ1v) is 6.22. The van der Waals surface area contributed by atoms with Gasteiger partial charge in [-0.05, 0) is 30.5 Å². The van der Waals surface area contributed by atoms with Crippen LogP contribution in [0.5, 0.6) is 0 Å². The largest absolute Gasteiger partial charge is 0.345 e.